The Morgan fingerprint density at radius 3 is 2.62 bits per heavy atom. The molecule has 114 valence electrons. The van der Waals surface area contributed by atoms with Gasteiger partial charge < -0.3 is 4.57 Å². The van der Waals surface area contributed by atoms with Crippen LogP contribution < -0.4 is 11.2 Å². The van der Waals surface area contributed by atoms with Crippen LogP contribution in [0.2, 0.25) is 0 Å². The van der Waals surface area contributed by atoms with Gasteiger partial charge in [0.2, 0.25) is 0 Å². The summed E-state index contributed by atoms with van der Waals surface area (Å²) >= 11 is 0. The molecule has 0 aliphatic heterocycles. The highest BCUT2D eigenvalue weighted by Crippen LogP contribution is 2.09. The van der Waals surface area contributed by atoms with Crippen molar-refractivity contribution in [3.8, 4) is 0 Å². The zero-order chi connectivity index (χ0) is 15.4. The fourth-order valence-electron chi connectivity index (χ4n) is 2.17. The minimum Gasteiger partial charge on any atom is -0.300 e. The van der Waals surface area contributed by atoms with Crippen LogP contribution in [0.4, 0.5) is 0 Å². The van der Waals surface area contributed by atoms with Gasteiger partial charge >= 0.3 is 5.69 Å². The molecular formula is C15H22N4O2. The maximum Gasteiger partial charge on any atom is 0.331 e. The van der Waals surface area contributed by atoms with Gasteiger partial charge in [-0.25, -0.2) is 4.79 Å². The van der Waals surface area contributed by atoms with Gasteiger partial charge in [0.1, 0.15) is 0 Å². The number of aryl methyl sites for hydroxylation is 1. The van der Waals surface area contributed by atoms with Crippen LogP contribution in [0.25, 0.3) is 0 Å². The van der Waals surface area contributed by atoms with E-state index in [1.165, 1.54) is 10.6 Å². The van der Waals surface area contributed by atoms with E-state index in [0.29, 0.717) is 12.6 Å². The Hall–Kier alpha value is -2.11. The molecule has 2 aromatic rings. The average Bonchev–Trinajstić information content (AvgIpc) is 2.94. The van der Waals surface area contributed by atoms with Crippen molar-refractivity contribution < 1.29 is 0 Å². The minimum absolute atomic E-state index is 0.214. The zero-order valence-electron chi connectivity index (χ0n) is 12.8. The Morgan fingerprint density at radius 1 is 1.19 bits per heavy atom. The Balaban J connectivity index is 2.31. The topological polar surface area (TPSA) is 61.8 Å². The molecule has 2 rings (SSSR count). The first-order valence-electron chi connectivity index (χ1n) is 7.41. The van der Waals surface area contributed by atoms with Crippen molar-refractivity contribution in [3.63, 3.8) is 0 Å². The lowest BCUT2D eigenvalue weighted by atomic mass is 10.3. The highest BCUT2D eigenvalue weighted by Gasteiger charge is 2.09. The van der Waals surface area contributed by atoms with Crippen LogP contribution in [-0.4, -0.2) is 18.9 Å². The highest BCUT2D eigenvalue weighted by atomic mass is 16.2. The van der Waals surface area contributed by atoms with Gasteiger partial charge in [0, 0.05) is 31.0 Å². The van der Waals surface area contributed by atoms with Crippen molar-refractivity contribution in [2.45, 2.75) is 52.7 Å². The zero-order valence-corrected chi connectivity index (χ0v) is 12.8. The summed E-state index contributed by atoms with van der Waals surface area (Å²) in [5.74, 6) is 0. The Kier molecular flexibility index (Phi) is 4.77. The van der Waals surface area contributed by atoms with Crippen LogP contribution in [0, 0.1) is 0 Å². The van der Waals surface area contributed by atoms with Crippen LogP contribution in [0.1, 0.15) is 45.3 Å². The molecule has 0 bridgehead atoms. The van der Waals surface area contributed by atoms with Crippen molar-refractivity contribution in [1.82, 2.24) is 18.9 Å². The summed E-state index contributed by atoms with van der Waals surface area (Å²) in [5.41, 5.74) is 0.164. The molecule has 2 aromatic heterocycles. The molecule has 0 radical (unpaired) electrons. The summed E-state index contributed by atoms with van der Waals surface area (Å²) in [6, 6.07) is 3.60. The second-order valence-electron chi connectivity index (χ2n) is 5.26. The van der Waals surface area contributed by atoms with E-state index < -0.39 is 0 Å². The summed E-state index contributed by atoms with van der Waals surface area (Å²) < 4.78 is 4.67. The van der Waals surface area contributed by atoms with E-state index in [-0.39, 0.29) is 17.8 Å². The molecule has 2 heterocycles. The average molecular weight is 290 g/mol. The van der Waals surface area contributed by atoms with E-state index in [0.717, 1.165) is 18.5 Å². The third-order valence-electron chi connectivity index (χ3n) is 3.63. The fraction of sp³-hybridized carbons (Fsp3) is 0.533. The normalized spacial score (nSPS) is 12.5. The minimum atomic E-state index is -0.287. The lowest BCUT2D eigenvalue weighted by Crippen LogP contribution is -2.39. The molecule has 21 heavy (non-hydrogen) atoms. The number of hydrogen-bond acceptors (Lipinski definition) is 3. The van der Waals surface area contributed by atoms with Crippen molar-refractivity contribution >= 4 is 0 Å². The molecule has 0 amide bonds. The first-order valence-corrected chi connectivity index (χ1v) is 7.41. The summed E-state index contributed by atoms with van der Waals surface area (Å²) in [4.78, 5) is 24.2. The summed E-state index contributed by atoms with van der Waals surface area (Å²) in [6.07, 6.45) is 5.28. The number of hydrogen-bond donors (Lipinski definition) is 0. The van der Waals surface area contributed by atoms with Gasteiger partial charge in [-0.15, -0.1) is 0 Å². The molecule has 6 heteroatoms. The second-order valence-corrected chi connectivity index (χ2v) is 5.26. The highest BCUT2D eigenvalue weighted by molar-refractivity contribution is 5.01. The SMILES string of the molecule is CCCn1ccc(=O)n(Cc2ccn(C(C)CC)n2)c1=O. The van der Waals surface area contributed by atoms with Crippen molar-refractivity contribution in [2.24, 2.45) is 0 Å². The number of rotatable bonds is 6. The second kappa shape index (κ2) is 6.56. The third-order valence-corrected chi connectivity index (χ3v) is 3.63. The van der Waals surface area contributed by atoms with E-state index in [1.807, 2.05) is 23.9 Å². The monoisotopic (exact) mass is 290 g/mol. The van der Waals surface area contributed by atoms with E-state index in [1.54, 1.807) is 10.8 Å². The predicted octanol–water partition coefficient (Wildman–Crippen LogP) is 1.64. The van der Waals surface area contributed by atoms with Crippen LogP contribution in [0.3, 0.4) is 0 Å². The molecule has 0 aliphatic rings. The third kappa shape index (κ3) is 3.32. The molecule has 0 saturated carbocycles. The predicted molar refractivity (Wildman–Crippen MR) is 81.6 cm³/mol. The van der Waals surface area contributed by atoms with Gasteiger partial charge in [0.25, 0.3) is 5.56 Å². The quantitative estimate of drug-likeness (QED) is 0.812. The van der Waals surface area contributed by atoms with Gasteiger partial charge in [-0.1, -0.05) is 13.8 Å². The Labute approximate surface area is 123 Å². The standard InChI is InChI=1S/C15H22N4O2/c1-4-8-17-9-7-14(20)18(15(17)21)11-13-6-10-19(16-13)12(3)5-2/h6-7,9-10,12H,4-5,8,11H2,1-3H3. The summed E-state index contributed by atoms with van der Waals surface area (Å²) in [7, 11) is 0. The summed E-state index contributed by atoms with van der Waals surface area (Å²) in [6.45, 7) is 7.00. The molecule has 1 atom stereocenters. The molecule has 0 saturated heterocycles. The van der Waals surface area contributed by atoms with Gasteiger partial charge in [0.15, 0.2) is 0 Å². The first-order chi connectivity index (χ1) is 10.1. The Bertz CT molecular complexity index is 711. The lowest BCUT2D eigenvalue weighted by molar-refractivity contribution is 0.470. The fourth-order valence-corrected chi connectivity index (χ4v) is 2.17. The summed E-state index contributed by atoms with van der Waals surface area (Å²) in [5, 5.41) is 4.44. The molecule has 0 aromatic carbocycles. The van der Waals surface area contributed by atoms with Gasteiger partial charge in [-0.3, -0.25) is 14.0 Å². The molecule has 6 nitrogen and oxygen atoms in total. The number of nitrogens with zero attached hydrogens (tertiary/aromatic N) is 4. The van der Waals surface area contributed by atoms with E-state index in [9.17, 15) is 9.59 Å². The number of aromatic nitrogens is 4. The smallest absolute Gasteiger partial charge is 0.300 e. The van der Waals surface area contributed by atoms with Gasteiger partial charge in [-0.2, -0.15) is 5.10 Å². The Morgan fingerprint density at radius 2 is 1.95 bits per heavy atom. The molecule has 0 N–H and O–H groups in total. The molecule has 0 aliphatic carbocycles. The van der Waals surface area contributed by atoms with E-state index >= 15 is 0 Å². The maximum atomic E-state index is 12.3. The van der Waals surface area contributed by atoms with E-state index in [2.05, 4.69) is 18.9 Å². The van der Waals surface area contributed by atoms with Gasteiger partial charge in [-0.05, 0) is 25.8 Å². The van der Waals surface area contributed by atoms with Crippen LogP contribution in [0.5, 0.6) is 0 Å². The van der Waals surface area contributed by atoms with Crippen molar-refractivity contribution in [3.05, 3.63) is 51.1 Å². The van der Waals surface area contributed by atoms with Crippen LogP contribution >= 0.6 is 0 Å². The molecular weight excluding hydrogens is 268 g/mol. The largest absolute Gasteiger partial charge is 0.331 e. The van der Waals surface area contributed by atoms with Crippen LogP contribution in [0.15, 0.2) is 34.1 Å². The van der Waals surface area contributed by atoms with Crippen molar-refractivity contribution in [1.29, 1.82) is 0 Å². The van der Waals surface area contributed by atoms with Crippen molar-refractivity contribution in [2.75, 3.05) is 0 Å². The van der Waals surface area contributed by atoms with Gasteiger partial charge in [0.05, 0.1) is 12.2 Å². The molecule has 0 spiro atoms. The maximum absolute atomic E-state index is 12.3. The lowest BCUT2D eigenvalue weighted by Gasteiger charge is -2.09. The van der Waals surface area contributed by atoms with Crippen LogP contribution in [-0.2, 0) is 13.1 Å². The van der Waals surface area contributed by atoms with E-state index in [4.69, 9.17) is 0 Å². The molecule has 1 unspecified atom stereocenters. The molecule has 0 fully saturated rings. The first kappa shape index (κ1) is 15.3.